The summed E-state index contributed by atoms with van der Waals surface area (Å²) in [7, 11) is 2.08. The zero-order chi connectivity index (χ0) is 32.3. The number of hydrogen-bond acceptors (Lipinski definition) is 9. The molecule has 2 aromatic heterocycles. The number of fused-ring (bicyclic) bond motifs is 1. The highest BCUT2D eigenvalue weighted by Crippen LogP contribution is 2.31. The van der Waals surface area contributed by atoms with Gasteiger partial charge < -0.3 is 15.0 Å². The monoisotopic (exact) mass is 666 g/mol. The van der Waals surface area contributed by atoms with Gasteiger partial charge in [-0.25, -0.2) is 4.98 Å². The van der Waals surface area contributed by atoms with E-state index in [1.165, 1.54) is 68.1 Å². The van der Waals surface area contributed by atoms with Crippen LogP contribution in [0.2, 0.25) is 0 Å². The van der Waals surface area contributed by atoms with Gasteiger partial charge in [-0.3, -0.25) is 0 Å². The summed E-state index contributed by atoms with van der Waals surface area (Å²) in [6.07, 6.45) is 14.2. The van der Waals surface area contributed by atoms with Gasteiger partial charge in [0.25, 0.3) is 0 Å². The van der Waals surface area contributed by atoms with E-state index in [1.54, 1.807) is 23.1 Å². The van der Waals surface area contributed by atoms with Crippen LogP contribution >= 0.6 is 23.1 Å². The fourth-order valence-electron chi connectivity index (χ4n) is 5.97. The molecular formula is C38H46N6OS2. The van der Waals surface area contributed by atoms with Crippen LogP contribution in [0.4, 0.5) is 11.6 Å². The van der Waals surface area contributed by atoms with Crippen LogP contribution < -0.4 is 15.0 Å². The first kappa shape index (κ1) is 33.2. The molecule has 9 heteroatoms. The van der Waals surface area contributed by atoms with E-state index < -0.39 is 0 Å². The fourth-order valence-corrected chi connectivity index (χ4v) is 7.68. The molecule has 7 nitrogen and oxygen atoms in total. The molecule has 2 heterocycles. The highest BCUT2D eigenvalue weighted by molar-refractivity contribution is 7.99. The molecule has 1 saturated carbocycles. The van der Waals surface area contributed by atoms with Crippen molar-refractivity contribution in [3.8, 4) is 16.6 Å². The molecule has 5 aromatic rings. The lowest BCUT2D eigenvalue weighted by molar-refractivity contribution is 0.296. The van der Waals surface area contributed by atoms with Gasteiger partial charge in [-0.2, -0.15) is 15.0 Å². The minimum absolute atomic E-state index is 0.360. The van der Waals surface area contributed by atoms with Gasteiger partial charge in [-0.1, -0.05) is 87.6 Å². The minimum atomic E-state index is 0.360. The third-order valence-electron chi connectivity index (χ3n) is 8.77. The fraction of sp³-hybridized carbons (Fsp3) is 0.421. The van der Waals surface area contributed by atoms with Gasteiger partial charge in [0.2, 0.25) is 11.1 Å². The maximum atomic E-state index is 6.20. The van der Waals surface area contributed by atoms with Crippen LogP contribution in [0.15, 0.2) is 82.8 Å². The van der Waals surface area contributed by atoms with Gasteiger partial charge in [0.1, 0.15) is 11.6 Å². The topological polar surface area (TPSA) is 76.1 Å². The Hall–Kier alpha value is -3.69. The Morgan fingerprint density at radius 1 is 0.787 bits per heavy atom. The van der Waals surface area contributed by atoms with Crippen molar-refractivity contribution in [2.75, 3.05) is 30.4 Å². The third-order valence-corrected chi connectivity index (χ3v) is 10.7. The maximum Gasteiger partial charge on any atom is 0.322 e. The van der Waals surface area contributed by atoms with Crippen molar-refractivity contribution in [1.29, 1.82) is 0 Å². The van der Waals surface area contributed by atoms with Crippen molar-refractivity contribution >= 4 is 45.0 Å². The number of rotatable bonds is 10. The van der Waals surface area contributed by atoms with E-state index in [4.69, 9.17) is 24.7 Å². The SMILES string of the molecule is Cc1ccc(Sc2nc(NC3CCCCCCCCCCC3)nc(OCCN(C)c3ccc(-c4nc5ccccc5s4)cc3)n2)cc1. The molecule has 47 heavy (non-hydrogen) atoms. The lowest BCUT2D eigenvalue weighted by atomic mass is 9.98. The maximum absolute atomic E-state index is 6.20. The minimum Gasteiger partial charge on any atom is -0.461 e. The smallest absolute Gasteiger partial charge is 0.322 e. The average molecular weight is 667 g/mol. The molecular weight excluding hydrogens is 621 g/mol. The van der Waals surface area contributed by atoms with Crippen LogP contribution in [0.5, 0.6) is 6.01 Å². The first-order valence-electron chi connectivity index (χ1n) is 17.2. The van der Waals surface area contributed by atoms with Crippen LogP contribution in [-0.2, 0) is 0 Å². The first-order valence-corrected chi connectivity index (χ1v) is 18.8. The third kappa shape index (κ3) is 9.91. The summed E-state index contributed by atoms with van der Waals surface area (Å²) in [5.41, 5.74) is 4.53. The predicted molar refractivity (Wildman–Crippen MR) is 197 cm³/mol. The Balaban J connectivity index is 1.10. The van der Waals surface area contributed by atoms with E-state index in [9.17, 15) is 0 Å². The molecule has 246 valence electrons. The Kier molecular flexibility index (Phi) is 12.0. The molecule has 0 amide bonds. The molecule has 0 aliphatic heterocycles. The predicted octanol–water partition coefficient (Wildman–Crippen LogP) is 10.2. The van der Waals surface area contributed by atoms with Crippen LogP contribution in [0.25, 0.3) is 20.8 Å². The summed E-state index contributed by atoms with van der Waals surface area (Å²) in [4.78, 5) is 22.4. The molecule has 1 aliphatic rings. The molecule has 0 saturated heterocycles. The number of likely N-dealkylation sites (N-methyl/N-ethyl adjacent to an activating group) is 1. The molecule has 1 aliphatic carbocycles. The van der Waals surface area contributed by atoms with Crippen LogP contribution in [-0.4, -0.2) is 46.2 Å². The van der Waals surface area contributed by atoms with Crippen LogP contribution in [0, 0.1) is 6.92 Å². The average Bonchev–Trinajstić information content (AvgIpc) is 3.52. The first-order chi connectivity index (χ1) is 23.1. The van der Waals surface area contributed by atoms with Crippen LogP contribution in [0.3, 0.4) is 0 Å². The summed E-state index contributed by atoms with van der Waals surface area (Å²) < 4.78 is 7.41. The lowest BCUT2D eigenvalue weighted by Crippen LogP contribution is -2.25. The van der Waals surface area contributed by atoms with E-state index in [-0.39, 0.29) is 0 Å². The van der Waals surface area contributed by atoms with Crippen molar-refractivity contribution < 1.29 is 4.74 Å². The summed E-state index contributed by atoms with van der Waals surface area (Å²) in [6, 6.07) is 26.0. The number of thiazole rings is 1. The molecule has 3 aromatic carbocycles. The standard InChI is InChI=1S/C38H46N6OS2/c1-28-18-24-32(25-19-28)46-38-42-36(39-30-14-10-8-6-4-3-5-7-9-11-15-30)41-37(43-38)45-27-26-44(2)31-22-20-29(21-23-31)35-40-33-16-12-13-17-34(33)47-35/h12-13,16-25,30H,3-11,14-15,26-27H2,1-2H3,(H,39,41,42,43). The second kappa shape index (κ2) is 16.9. The molecule has 6 rings (SSSR count). The normalized spacial score (nSPS) is 15.1. The van der Waals surface area contributed by atoms with Crippen molar-refractivity contribution in [2.45, 2.75) is 93.6 Å². The summed E-state index contributed by atoms with van der Waals surface area (Å²) in [6.45, 7) is 3.25. The zero-order valence-corrected chi connectivity index (χ0v) is 29.3. The Morgan fingerprint density at radius 3 is 2.17 bits per heavy atom. The zero-order valence-electron chi connectivity index (χ0n) is 27.7. The number of aryl methyl sites for hydroxylation is 1. The number of anilines is 2. The Morgan fingerprint density at radius 2 is 1.47 bits per heavy atom. The number of para-hydroxylation sites is 1. The number of hydrogen-bond donors (Lipinski definition) is 1. The van der Waals surface area contributed by atoms with Crippen molar-refractivity contribution in [1.82, 2.24) is 19.9 Å². The second-order valence-electron chi connectivity index (χ2n) is 12.5. The number of nitrogens with zero attached hydrogens (tertiary/aromatic N) is 5. The quantitative estimate of drug-likeness (QED) is 0.158. The molecule has 0 unspecified atom stereocenters. The summed E-state index contributed by atoms with van der Waals surface area (Å²) in [5.74, 6) is 0.612. The molecule has 0 bridgehead atoms. The van der Waals surface area contributed by atoms with Gasteiger partial charge in [-0.05, 0) is 80.1 Å². The van der Waals surface area contributed by atoms with E-state index in [1.807, 2.05) is 6.07 Å². The number of ether oxygens (including phenoxy) is 1. The van der Waals surface area contributed by atoms with Crippen molar-refractivity contribution in [3.05, 3.63) is 78.4 Å². The molecule has 1 fully saturated rings. The number of nitrogens with one attached hydrogen (secondary N) is 1. The van der Waals surface area contributed by atoms with Gasteiger partial charge in [0, 0.05) is 29.2 Å². The highest BCUT2D eigenvalue weighted by atomic mass is 32.2. The van der Waals surface area contributed by atoms with Gasteiger partial charge in [0.15, 0.2) is 0 Å². The largest absolute Gasteiger partial charge is 0.461 e. The Bertz CT molecular complexity index is 1650. The molecule has 1 N–H and O–H groups in total. The van der Waals surface area contributed by atoms with E-state index >= 15 is 0 Å². The van der Waals surface area contributed by atoms with E-state index in [0.717, 1.165) is 39.5 Å². The number of benzene rings is 3. The van der Waals surface area contributed by atoms with Gasteiger partial charge >= 0.3 is 6.01 Å². The Labute approximate surface area is 287 Å². The van der Waals surface area contributed by atoms with E-state index in [0.29, 0.717) is 36.3 Å². The highest BCUT2D eigenvalue weighted by Gasteiger charge is 2.15. The molecule has 0 spiro atoms. The lowest BCUT2D eigenvalue weighted by Gasteiger charge is -2.21. The van der Waals surface area contributed by atoms with Gasteiger partial charge in [-0.15, -0.1) is 11.3 Å². The molecule has 0 radical (unpaired) electrons. The summed E-state index contributed by atoms with van der Waals surface area (Å²) >= 11 is 3.27. The van der Waals surface area contributed by atoms with E-state index in [2.05, 4.69) is 90.9 Å². The van der Waals surface area contributed by atoms with Crippen molar-refractivity contribution in [2.24, 2.45) is 0 Å². The van der Waals surface area contributed by atoms with Crippen molar-refractivity contribution in [3.63, 3.8) is 0 Å². The summed E-state index contributed by atoms with van der Waals surface area (Å²) in [5, 5.41) is 5.38. The number of aromatic nitrogens is 4. The molecule has 0 atom stereocenters. The van der Waals surface area contributed by atoms with Crippen LogP contribution in [0.1, 0.15) is 76.2 Å². The second-order valence-corrected chi connectivity index (χ2v) is 14.6. The van der Waals surface area contributed by atoms with Gasteiger partial charge in [0.05, 0.1) is 16.8 Å².